The second kappa shape index (κ2) is 7.79. The molecule has 152 valence electrons. The largest absolute Gasteiger partial charge is 0.364 e. The molecule has 5 rings (SSSR count). The number of hydrogen-bond acceptors (Lipinski definition) is 7. The van der Waals surface area contributed by atoms with Gasteiger partial charge in [-0.1, -0.05) is 23.4 Å². The lowest BCUT2D eigenvalue weighted by atomic mass is 10.1. The highest BCUT2D eigenvalue weighted by molar-refractivity contribution is 5.62. The van der Waals surface area contributed by atoms with E-state index in [1.54, 1.807) is 46.6 Å². The number of nitrogens with zero attached hydrogens (tertiary/aromatic N) is 7. The summed E-state index contributed by atoms with van der Waals surface area (Å²) in [6.45, 7) is 0. The van der Waals surface area contributed by atoms with Gasteiger partial charge in [0.05, 0.1) is 18.6 Å². The lowest BCUT2D eigenvalue weighted by Gasteiger charge is -2.07. The minimum atomic E-state index is -0.111. The van der Waals surface area contributed by atoms with E-state index in [0.717, 1.165) is 27.9 Å². The van der Waals surface area contributed by atoms with Crippen molar-refractivity contribution in [3.05, 3.63) is 95.3 Å². The van der Waals surface area contributed by atoms with Crippen molar-refractivity contribution in [3.8, 4) is 28.2 Å². The van der Waals surface area contributed by atoms with E-state index in [0.29, 0.717) is 17.9 Å². The third kappa shape index (κ3) is 3.88. The summed E-state index contributed by atoms with van der Waals surface area (Å²) in [5.41, 5.74) is 4.58. The molecule has 0 aliphatic carbocycles. The lowest BCUT2D eigenvalue weighted by Crippen LogP contribution is -2.16. The van der Waals surface area contributed by atoms with Crippen LogP contribution in [0.4, 0.5) is 0 Å². The van der Waals surface area contributed by atoms with E-state index in [1.165, 1.54) is 6.07 Å². The summed E-state index contributed by atoms with van der Waals surface area (Å²) < 4.78 is 8.20. The molecular formula is C22H17N7O2. The van der Waals surface area contributed by atoms with Crippen molar-refractivity contribution in [2.45, 2.75) is 6.42 Å². The molecule has 0 radical (unpaired) electrons. The monoisotopic (exact) mass is 411 g/mol. The van der Waals surface area contributed by atoms with Crippen molar-refractivity contribution < 1.29 is 4.52 Å². The lowest BCUT2D eigenvalue weighted by molar-refractivity contribution is 0.420. The summed E-state index contributed by atoms with van der Waals surface area (Å²) in [4.78, 5) is 21.3. The van der Waals surface area contributed by atoms with Gasteiger partial charge in [0.25, 0.3) is 0 Å². The summed E-state index contributed by atoms with van der Waals surface area (Å²) in [6.07, 6.45) is 12.2. The highest BCUT2D eigenvalue weighted by Crippen LogP contribution is 2.21. The molecule has 4 aromatic heterocycles. The standard InChI is InChI=1S/C22H17N7O2/c1-28-13-19(12-25-28)29-6-5-21(30)20(27-29)8-15-3-2-4-16(7-15)22-23-9-17(10-24-22)18-11-26-31-14-18/h2-7,9-14H,8H2,1H3. The third-order valence-corrected chi connectivity index (χ3v) is 4.81. The van der Waals surface area contributed by atoms with Gasteiger partial charge in [-0.25, -0.2) is 14.6 Å². The van der Waals surface area contributed by atoms with E-state index >= 15 is 0 Å². The SMILES string of the molecule is Cn1cc(-n2ccc(=O)c(Cc3cccc(-c4ncc(-c5cnoc5)cn4)c3)n2)cn1. The molecule has 0 aliphatic rings. The molecule has 0 N–H and O–H groups in total. The maximum Gasteiger partial charge on any atom is 0.203 e. The van der Waals surface area contributed by atoms with Crippen LogP contribution in [0.25, 0.3) is 28.2 Å². The Labute approximate surface area is 176 Å². The first kappa shape index (κ1) is 18.6. The molecule has 0 amide bonds. The molecule has 31 heavy (non-hydrogen) atoms. The molecule has 4 heterocycles. The van der Waals surface area contributed by atoms with Crippen LogP contribution in [0.2, 0.25) is 0 Å². The molecule has 5 aromatic rings. The molecule has 0 saturated heterocycles. The predicted octanol–water partition coefficient (Wildman–Crippen LogP) is 2.67. The van der Waals surface area contributed by atoms with Crippen LogP contribution < -0.4 is 5.43 Å². The van der Waals surface area contributed by atoms with E-state index in [-0.39, 0.29) is 5.43 Å². The predicted molar refractivity (Wildman–Crippen MR) is 112 cm³/mol. The zero-order valence-electron chi connectivity index (χ0n) is 16.6. The Morgan fingerprint density at radius 1 is 1.00 bits per heavy atom. The van der Waals surface area contributed by atoms with E-state index in [1.807, 2.05) is 37.5 Å². The van der Waals surface area contributed by atoms with E-state index < -0.39 is 0 Å². The van der Waals surface area contributed by atoms with Gasteiger partial charge >= 0.3 is 0 Å². The summed E-state index contributed by atoms with van der Waals surface area (Å²) in [5, 5.41) is 12.3. The number of aryl methyl sites for hydroxylation is 1. The second-order valence-corrected chi connectivity index (χ2v) is 7.03. The highest BCUT2D eigenvalue weighted by Gasteiger charge is 2.09. The number of aromatic nitrogens is 7. The molecule has 0 saturated carbocycles. The van der Waals surface area contributed by atoms with Crippen molar-refractivity contribution in [2.24, 2.45) is 7.05 Å². The minimum absolute atomic E-state index is 0.111. The van der Waals surface area contributed by atoms with Crippen molar-refractivity contribution in [2.75, 3.05) is 0 Å². The van der Waals surface area contributed by atoms with Crippen molar-refractivity contribution >= 4 is 0 Å². The van der Waals surface area contributed by atoms with E-state index in [9.17, 15) is 4.79 Å². The maximum atomic E-state index is 12.4. The zero-order valence-corrected chi connectivity index (χ0v) is 16.6. The molecule has 1 aromatic carbocycles. The first-order chi connectivity index (χ1) is 15.2. The van der Waals surface area contributed by atoms with Crippen molar-refractivity contribution in [3.63, 3.8) is 0 Å². The van der Waals surface area contributed by atoms with Gasteiger partial charge in [-0.05, 0) is 11.6 Å². The Balaban J connectivity index is 1.41. The van der Waals surface area contributed by atoms with Gasteiger partial charge in [-0.15, -0.1) is 0 Å². The highest BCUT2D eigenvalue weighted by atomic mass is 16.5. The van der Waals surface area contributed by atoms with Gasteiger partial charge in [0, 0.05) is 54.8 Å². The summed E-state index contributed by atoms with van der Waals surface area (Å²) in [7, 11) is 1.83. The van der Waals surface area contributed by atoms with Gasteiger partial charge in [0.15, 0.2) is 5.82 Å². The average molecular weight is 411 g/mol. The quantitative estimate of drug-likeness (QED) is 0.438. The molecule has 0 atom stereocenters. The van der Waals surface area contributed by atoms with Crippen LogP contribution in [0.5, 0.6) is 0 Å². The molecule has 9 heteroatoms. The normalized spacial score (nSPS) is 11.0. The first-order valence-corrected chi connectivity index (χ1v) is 9.55. The number of rotatable bonds is 5. The average Bonchev–Trinajstić information content (AvgIpc) is 3.48. The van der Waals surface area contributed by atoms with Gasteiger partial charge in [-0.3, -0.25) is 9.48 Å². The molecule has 0 unspecified atom stereocenters. The first-order valence-electron chi connectivity index (χ1n) is 9.55. The van der Waals surface area contributed by atoms with Crippen molar-refractivity contribution in [1.29, 1.82) is 0 Å². The molecule has 0 spiro atoms. The minimum Gasteiger partial charge on any atom is -0.364 e. The smallest absolute Gasteiger partial charge is 0.203 e. The maximum absolute atomic E-state index is 12.4. The van der Waals surface area contributed by atoms with Crippen LogP contribution in [0, 0.1) is 0 Å². The van der Waals surface area contributed by atoms with E-state index in [4.69, 9.17) is 4.52 Å². The van der Waals surface area contributed by atoms with Gasteiger partial charge in [0.2, 0.25) is 5.43 Å². The second-order valence-electron chi connectivity index (χ2n) is 7.03. The molecule has 9 nitrogen and oxygen atoms in total. The van der Waals surface area contributed by atoms with Crippen LogP contribution >= 0.6 is 0 Å². The van der Waals surface area contributed by atoms with Crippen LogP contribution in [0.3, 0.4) is 0 Å². The van der Waals surface area contributed by atoms with Gasteiger partial charge < -0.3 is 4.52 Å². The fraction of sp³-hybridized carbons (Fsp3) is 0.0909. The zero-order chi connectivity index (χ0) is 21.2. The fourth-order valence-electron chi connectivity index (χ4n) is 3.23. The summed E-state index contributed by atoms with van der Waals surface area (Å²) in [5.74, 6) is 0.593. The molecule has 0 fully saturated rings. The van der Waals surface area contributed by atoms with Crippen LogP contribution in [0.1, 0.15) is 11.3 Å². The summed E-state index contributed by atoms with van der Waals surface area (Å²) >= 11 is 0. The van der Waals surface area contributed by atoms with Gasteiger partial charge in [-0.2, -0.15) is 10.2 Å². The topological polar surface area (TPSA) is 105 Å². The molecule has 0 aliphatic heterocycles. The molecule has 0 bridgehead atoms. The fourth-order valence-corrected chi connectivity index (χ4v) is 3.23. The third-order valence-electron chi connectivity index (χ3n) is 4.81. The molecular weight excluding hydrogens is 394 g/mol. The Morgan fingerprint density at radius 3 is 2.61 bits per heavy atom. The van der Waals surface area contributed by atoms with Gasteiger partial charge in [0.1, 0.15) is 17.6 Å². The Kier molecular flexibility index (Phi) is 4.68. The van der Waals surface area contributed by atoms with E-state index in [2.05, 4.69) is 25.3 Å². The van der Waals surface area contributed by atoms with Crippen LogP contribution in [-0.2, 0) is 13.5 Å². The Hall–Kier alpha value is -4.40. The summed E-state index contributed by atoms with van der Waals surface area (Å²) in [6, 6.07) is 9.30. The van der Waals surface area contributed by atoms with Crippen LogP contribution in [0.15, 0.2) is 83.1 Å². The Bertz CT molecular complexity index is 1390. The van der Waals surface area contributed by atoms with Crippen LogP contribution in [-0.4, -0.2) is 34.7 Å². The number of benzene rings is 1. The Morgan fingerprint density at radius 2 is 1.87 bits per heavy atom. The van der Waals surface area contributed by atoms with Crippen molar-refractivity contribution in [1.82, 2.24) is 34.7 Å². The number of hydrogen-bond donors (Lipinski definition) is 0.